The number of carbonyl (C=O) groups is 2. The number of aliphatic carboxylic acids is 1. The van der Waals surface area contributed by atoms with Crippen molar-refractivity contribution in [2.45, 2.75) is 6.18 Å². The maximum atomic E-state index is 12.7. The third-order valence-corrected chi connectivity index (χ3v) is 2.96. The highest BCUT2D eigenvalue weighted by Gasteiger charge is 2.30. The molecule has 24 heavy (non-hydrogen) atoms. The predicted molar refractivity (Wildman–Crippen MR) is 80.3 cm³/mol. The maximum Gasteiger partial charge on any atom is 0.416 e. The van der Waals surface area contributed by atoms with Crippen LogP contribution in [0.2, 0.25) is 0 Å². The smallest absolute Gasteiger partial charge is 0.416 e. The molecular formula is C16H11F3N2O3. The molecule has 0 fully saturated rings. The van der Waals surface area contributed by atoms with Crippen molar-refractivity contribution in [2.24, 2.45) is 0 Å². The van der Waals surface area contributed by atoms with E-state index in [4.69, 9.17) is 5.11 Å². The number of carboxylic acid groups (broad SMARTS) is 1. The second kappa shape index (κ2) is 6.95. The molecule has 0 aliphatic rings. The SMILES string of the molecule is O=C(O)/C=C/c1ccncc1NC(=O)c1cccc(C(F)(F)F)c1. The number of rotatable bonds is 4. The molecular weight excluding hydrogens is 325 g/mol. The van der Waals surface area contributed by atoms with E-state index in [1.54, 1.807) is 0 Å². The molecule has 2 N–H and O–H groups in total. The average Bonchev–Trinajstić information content (AvgIpc) is 2.53. The molecule has 0 saturated heterocycles. The largest absolute Gasteiger partial charge is 0.478 e. The first-order valence-corrected chi connectivity index (χ1v) is 6.61. The molecule has 1 aromatic carbocycles. The van der Waals surface area contributed by atoms with E-state index in [1.807, 2.05) is 0 Å². The zero-order valence-corrected chi connectivity index (χ0v) is 12.0. The van der Waals surface area contributed by atoms with Gasteiger partial charge in [0.15, 0.2) is 0 Å². The molecule has 124 valence electrons. The predicted octanol–water partition coefficient (Wildman–Crippen LogP) is 3.45. The van der Waals surface area contributed by atoms with Gasteiger partial charge in [-0.1, -0.05) is 6.07 Å². The minimum absolute atomic E-state index is 0.178. The Kier molecular flexibility index (Phi) is 4.98. The second-order valence-corrected chi connectivity index (χ2v) is 4.67. The maximum absolute atomic E-state index is 12.7. The minimum atomic E-state index is -4.56. The van der Waals surface area contributed by atoms with Gasteiger partial charge in [0.05, 0.1) is 17.4 Å². The van der Waals surface area contributed by atoms with E-state index in [0.717, 1.165) is 24.3 Å². The van der Waals surface area contributed by atoms with Crippen molar-refractivity contribution in [1.82, 2.24) is 4.98 Å². The van der Waals surface area contributed by atoms with Crippen LogP contribution in [0, 0.1) is 0 Å². The van der Waals surface area contributed by atoms with Crippen LogP contribution >= 0.6 is 0 Å². The number of carbonyl (C=O) groups excluding carboxylic acids is 1. The van der Waals surface area contributed by atoms with Crippen LogP contribution in [0.25, 0.3) is 6.08 Å². The number of nitrogens with one attached hydrogen (secondary N) is 1. The number of alkyl halides is 3. The summed E-state index contributed by atoms with van der Waals surface area (Å²) in [6.07, 6.45) is 0.218. The molecule has 0 radical (unpaired) electrons. The molecule has 5 nitrogen and oxygen atoms in total. The van der Waals surface area contributed by atoms with Gasteiger partial charge in [0.1, 0.15) is 0 Å². The van der Waals surface area contributed by atoms with Crippen molar-refractivity contribution in [3.8, 4) is 0 Å². The van der Waals surface area contributed by atoms with Crippen molar-refractivity contribution in [2.75, 3.05) is 5.32 Å². The molecule has 0 aliphatic carbocycles. The number of aromatic nitrogens is 1. The number of amides is 1. The first kappa shape index (κ1) is 17.2. The van der Waals surface area contributed by atoms with Gasteiger partial charge in [-0.3, -0.25) is 9.78 Å². The van der Waals surface area contributed by atoms with Crippen LogP contribution in [0.3, 0.4) is 0 Å². The lowest BCUT2D eigenvalue weighted by Gasteiger charge is -2.10. The van der Waals surface area contributed by atoms with Crippen LogP contribution in [0.1, 0.15) is 21.5 Å². The third kappa shape index (κ3) is 4.42. The van der Waals surface area contributed by atoms with Crippen molar-refractivity contribution < 1.29 is 27.9 Å². The first-order valence-electron chi connectivity index (χ1n) is 6.61. The topological polar surface area (TPSA) is 79.3 Å². The molecule has 1 amide bonds. The van der Waals surface area contributed by atoms with Gasteiger partial charge < -0.3 is 10.4 Å². The fourth-order valence-electron chi connectivity index (χ4n) is 1.85. The molecule has 0 atom stereocenters. The Hall–Kier alpha value is -3.16. The van der Waals surface area contributed by atoms with Crippen LogP contribution in [0.15, 0.2) is 48.8 Å². The monoisotopic (exact) mass is 336 g/mol. The zero-order chi connectivity index (χ0) is 17.7. The standard InChI is InChI=1S/C16H11F3N2O3/c17-16(18,19)12-3-1-2-11(8-12)15(24)21-13-9-20-7-6-10(13)4-5-14(22)23/h1-9H,(H,21,24)(H,22,23)/b5-4+. The number of carboxylic acids is 1. The van der Waals surface area contributed by atoms with Gasteiger partial charge in [-0.15, -0.1) is 0 Å². The summed E-state index contributed by atoms with van der Waals surface area (Å²) in [7, 11) is 0. The van der Waals surface area contributed by atoms with E-state index >= 15 is 0 Å². The molecule has 0 aliphatic heterocycles. The third-order valence-electron chi connectivity index (χ3n) is 2.96. The molecule has 0 bridgehead atoms. The Morgan fingerprint density at radius 3 is 2.62 bits per heavy atom. The van der Waals surface area contributed by atoms with Crippen molar-refractivity contribution in [1.29, 1.82) is 0 Å². The second-order valence-electron chi connectivity index (χ2n) is 4.67. The van der Waals surface area contributed by atoms with Crippen LogP contribution < -0.4 is 5.32 Å². The fraction of sp³-hybridized carbons (Fsp3) is 0.0625. The number of anilines is 1. The lowest BCUT2D eigenvalue weighted by molar-refractivity contribution is -0.137. The first-order chi connectivity index (χ1) is 11.3. The Labute approximate surface area is 134 Å². The highest BCUT2D eigenvalue weighted by Crippen LogP contribution is 2.29. The summed E-state index contributed by atoms with van der Waals surface area (Å²) in [6, 6.07) is 5.43. The van der Waals surface area contributed by atoms with E-state index in [0.29, 0.717) is 5.56 Å². The van der Waals surface area contributed by atoms with Gasteiger partial charge in [0.25, 0.3) is 5.91 Å². The normalized spacial score (nSPS) is 11.5. The quantitative estimate of drug-likeness (QED) is 0.838. The average molecular weight is 336 g/mol. The number of benzene rings is 1. The summed E-state index contributed by atoms with van der Waals surface area (Å²) < 4.78 is 38.1. The van der Waals surface area contributed by atoms with E-state index in [-0.39, 0.29) is 11.3 Å². The summed E-state index contributed by atoms with van der Waals surface area (Å²) in [5.41, 5.74) is -0.584. The van der Waals surface area contributed by atoms with Crippen LogP contribution in [0.5, 0.6) is 0 Å². The molecule has 0 saturated carbocycles. The van der Waals surface area contributed by atoms with Gasteiger partial charge in [-0.05, 0) is 30.3 Å². The Morgan fingerprint density at radius 2 is 1.96 bits per heavy atom. The number of hydrogen-bond donors (Lipinski definition) is 2. The zero-order valence-electron chi connectivity index (χ0n) is 12.0. The van der Waals surface area contributed by atoms with Gasteiger partial charge >= 0.3 is 12.1 Å². The summed E-state index contributed by atoms with van der Waals surface area (Å²) in [6.45, 7) is 0. The highest BCUT2D eigenvalue weighted by molar-refractivity contribution is 6.05. The number of pyridine rings is 1. The van der Waals surface area contributed by atoms with E-state index in [2.05, 4.69) is 10.3 Å². The van der Waals surface area contributed by atoms with E-state index < -0.39 is 23.6 Å². The van der Waals surface area contributed by atoms with E-state index in [9.17, 15) is 22.8 Å². The molecule has 8 heteroatoms. The minimum Gasteiger partial charge on any atom is -0.478 e. The van der Waals surface area contributed by atoms with Crippen molar-refractivity contribution in [3.05, 3.63) is 65.5 Å². The number of nitrogens with zero attached hydrogens (tertiary/aromatic N) is 1. The van der Waals surface area contributed by atoms with Crippen molar-refractivity contribution >= 4 is 23.6 Å². The molecule has 2 aromatic rings. The lowest BCUT2D eigenvalue weighted by Crippen LogP contribution is -2.14. The molecule has 1 aromatic heterocycles. The van der Waals surface area contributed by atoms with Crippen molar-refractivity contribution in [3.63, 3.8) is 0 Å². The van der Waals surface area contributed by atoms with Crippen LogP contribution in [0.4, 0.5) is 18.9 Å². The number of halogens is 3. The van der Waals surface area contributed by atoms with Gasteiger partial charge in [0, 0.05) is 23.4 Å². The summed E-state index contributed by atoms with van der Waals surface area (Å²) in [5, 5.41) is 11.1. The molecule has 0 unspecified atom stereocenters. The summed E-state index contributed by atoms with van der Waals surface area (Å²) in [5.74, 6) is -1.94. The number of hydrogen-bond acceptors (Lipinski definition) is 3. The Balaban J connectivity index is 2.26. The Morgan fingerprint density at radius 1 is 1.21 bits per heavy atom. The van der Waals surface area contributed by atoms with Crippen LogP contribution in [-0.4, -0.2) is 22.0 Å². The van der Waals surface area contributed by atoms with Gasteiger partial charge in [0.2, 0.25) is 0 Å². The summed E-state index contributed by atoms with van der Waals surface area (Å²) in [4.78, 5) is 26.5. The fourth-order valence-corrected chi connectivity index (χ4v) is 1.85. The summed E-state index contributed by atoms with van der Waals surface area (Å²) >= 11 is 0. The lowest BCUT2D eigenvalue weighted by atomic mass is 10.1. The molecule has 2 rings (SSSR count). The van der Waals surface area contributed by atoms with Crippen LogP contribution in [-0.2, 0) is 11.0 Å². The molecule has 0 spiro atoms. The van der Waals surface area contributed by atoms with Gasteiger partial charge in [-0.2, -0.15) is 13.2 Å². The highest BCUT2D eigenvalue weighted by atomic mass is 19.4. The van der Waals surface area contributed by atoms with E-state index in [1.165, 1.54) is 30.6 Å². The molecule has 1 heterocycles. The Bertz CT molecular complexity index is 801. The van der Waals surface area contributed by atoms with Gasteiger partial charge in [-0.25, -0.2) is 4.79 Å².